The molecule has 0 heterocycles. The maximum absolute atomic E-state index is 11.8. The topological polar surface area (TPSA) is 75.2 Å². The number of guanidine groups is 1. The van der Waals surface area contributed by atoms with E-state index < -0.39 is 0 Å². The normalized spacial score (nSPS) is 11.9. The molecule has 1 rings (SSSR count). The van der Waals surface area contributed by atoms with Crippen molar-refractivity contribution in [2.24, 2.45) is 4.99 Å². The SMILES string of the molecule is CCCNC(=NCC(=O)N(C)C)NC(C)c1ccc(OCC)c(OCC)c1.I. The second-order valence-corrected chi connectivity index (χ2v) is 6.32. The molecule has 0 radical (unpaired) electrons. The van der Waals surface area contributed by atoms with E-state index in [1.165, 1.54) is 4.90 Å². The number of nitrogens with zero attached hydrogens (tertiary/aromatic N) is 2. The van der Waals surface area contributed by atoms with Crippen molar-refractivity contribution in [1.82, 2.24) is 15.5 Å². The van der Waals surface area contributed by atoms with Gasteiger partial charge in [-0.05, 0) is 44.9 Å². The van der Waals surface area contributed by atoms with E-state index in [-0.39, 0.29) is 42.5 Å². The summed E-state index contributed by atoms with van der Waals surface area (Å²) in [5.41, 5.74) is 1.05. The Kier molecular flexibility index (Phi) is 13.4. The quantitative estimate of drug-likeness (QED) is 0.290. The highest BCUT2D eigenvalue weighted by Crippen LogP contribution is 2.30. The summed E-state index contributed by atoms with van der Waals surface area (Å²) in [6.07, 6.45) is 0.967. The third-order valence-electron chi connectivity index (χ3n) is 3.83. The van der Waals surface area contributed by atoms with E-state index >= 15 is 0 Å². The van der Waals surface area contributed by atoms with Gasteiger partial charge in [0.05, 0.1) is 19.3 Å². The number of rotatable bonds is 10. The van der Waals surface area contributed by atoms with Gasteiger partial charge in [-0.2, -0.15) is 0 Å². The fourth-order valence-corrected chi connectivity index (χ4v) is 2.31. The first kappa shape index (κ1) is 26.3. The number of ether oxygens (including phenoxy) is 2. The van der Waals surface area contributed by atoms with E-state index in [0.717, 1.165) is 30.0 Å². The molecule has 8 heteroatoms. The van der Waals surface area contributed by atoms with Crippen molar-refractivity contribution in [2.75, 3.05) is 40.4 Å². The first-order valence-corrected chi connectivity index (χ1v) is 9.57. The molecule has 0 aliphatic carbocycles. The number of amides is 1. The highest BCUT2D eigenvalue weighted by atomic mass is 127. The zero-order valence-electron chi connectivity index (χ0n) is 17.9. The van der Waals surface area contributed by atoms with Crippen LogP contribution in [0.15, 0.2) is 23.2 Å². The maximum atomic E-state index is 11.8. The van der Waals surface area contributed by atoms with E-state index in [1.807, 2.05) is 39.0 Å². The van der Waals surface area contributed by atoms with E-state index in [2.05, 4.69) is 22.5 Å². The second-order valence-electron chi connectivity index (χ2n) is 6.32. The number of aliphatic imine (C=N–C) groups is 1. The van der Waals surface area contributed by atoms with Crippen molar-refractivity contribution in [1.29, 1.82) is 0 Å². The van der Waals surface area contributed by atoms with Gasteiger partial charge in [0.25, 0.3) is 0 Å². The van der Waals surface area contributed by atoms with Gasteiger partial charge in [0.15, 0.2) is 17.5 Å². The summed E-state index contributed by atoms with van der Waals surface area (Å²) in [5.74, 6) is 2.05. The largest absolute Gasteiger partial charge is 0.490 e. The maximum Gasteiger partial charge on any atom is 0.243 e. The van der Waals surface area contributed by atoms with Gasteiger partial charge in [-0.1, -0.05) is 13.0 Å². The lowest BCUT2D eigenvalue weighted by Gasteiger charge is -2.20. The smallest absolute Gasteiger partial charge is 0.243 e. The zero-order valence-corrected chi connectivity index (χ0v) is 20.2. The standard InChI is InChI=1S/C20H34N4O3.HI/c1-7-12-21-20(22-14-19(25)24(5)6)23-15(4)16-10-11-17(26-8-2)18(13-16)27-9-3;/h10-11,13,15H,7-9,12,14H2,1-6H3,(H2,21,22,23);1H. The molecule has 0 aromatic heterocycles. The van der Waals surface area contributed by atoms with Crippen molar-refractivity contribution in [2.45, 2.75) is 40.2 Å². The molecule has 0 saturated heterocycles. The fraction of sp³-hybridized carbons (Fsp3) is 0.600. The van der Waals surface area contributed by atoms with Crippen molar-refractivity contribution < 1.29 is 14.3 Å². The Morgan fingerprint density at radius 3 is 2.36 bits per heavy atom. The zero-order chi connectivity index (χ0) is 20.2. The molecule has 1 unspecified atom stereocenters. The third kappa shape index (κ3) is 8.99. The van der Waals surface area contributed by atoms with Crippen LogP contribution in [0.1, 0.15) is 45.7 Å². The van der Waals surface area contributed by atoms with Crippen LogP contribution in [0.25, 0.3) is 0 Å². The molecule has 1 aromatic carbocycles. The van der Waals surface area contributed by atoms with Crippen LogP contribution < -0.4 is 20.1 Å². The number of hydrogen-bond acceptors (Lipinski definition) is 4. The number of hydrogen-bond donors (Lipinski definition) is 2. The molecular formula is C20H35IN4O3. The predicted octanol–water partition coefficient (Wildman–Crippen LogP) is 3.20. The van der Waals surface area contributed by atoms with Gasteiger partial charge in [-0.3, -0.25) is 4.79 Å². The number of carbonyl (C=O) groups excluding carboxylic acids is 1. The molecule has 1 atom stereocenters. The Morgan fingerprint density at radius 1 is 1.14 bits per heavy atom. The van der Waals surface area contributed by atoms with Crippen molar-refractivity contribution >= 4 is 35.8 Å². The summed E-state index contributed by atoms with van der Waals surface area (Å²) in [6, 6.07) is 5.90. The van der Waals surface area contributed by atoms with E-state index in [9.17, 15) is 4.79 Å². The molecule has 0 aliphatic heterocycles. The number of benzene rings is 1. The highest BCUT2D eigenvalue weighted by molar-refractivity contribution is 14.0. The van der Waals surface area contributed by atoms with Crippen molar-refractivity contribution in [3.63, 3.8) is 0 Å². The monoisotopic (exact) mass is 506 g/mol. The average Bonchev–Trinajstić information content (AvgIpc) is 2.65. The van der Waals surface area contributed by atoms with Crippen LogP contribution in [-0.4, -0.2) is 57.2 Å². The van der Waals surface area contributed by atoms with Gasteiger partial charge in [-0.25, -0.2) is 4.99 Å². The van der Waals surface area contributed by atoms with Gasteiger partial charge in [0, 0.05) is 20.6 Å². The van der Waals surface area contributed by atoms with Crippen LogP contribution in [0, 0.1) is 0 Å². The summed E-state index contributed by atoms with van der Waals surface area (Å²) in [7, 11) is 3.45. The Hall–Kier alpha value is -1.71. The van der Waals surface area contributed by atoms with Crippen LogP contribution >= 0.6 is 24.0 Å². The summed E-state index contributed by atoms with van der Waals surface area (Å²) < 4.78 is 11.3. The molecule has 0 aliphatic rings. The Morgan fingerprint density at radius 2 is 1.79 bits per heavy atom. The molecule has 0 bridgehead atoms. The molecular weight excluding hydrogens is 471 g/mol. The summed E-state index contributed by atoms with van der Waals surface area (Å²) in [4.78, 5) is 17.8. The molecule has 28 heavy (non-hydrogen) atoms. The number of carbonyl (C=O) groups is 1. The van der Waals surface area contributed by atoms with Crippen LogP contribution in [0.3, 0.4) is 0 Å². The second kappa shape index (κ2) is 14.3. The van der Waals surface area contributed by atoms with E-state index in [1.54, 1.807) is 14.1 Å². The Labute approximate surface area is 186 Å². The number of nitrogens with one attached hydrogen (secondary N) is 2. The van der Waals surface area contributed by atoms with Crippen LogP contribution in [0.2, 0.25) is 0 Å². The van der Waals surface area contributed by atoms with E-state index in [4.69, 9.17) is 9.47 Å². The van der Waals surface area contributed by atoms with Gasteiger partial charge >= 0.3 is 0 Å². The minimum Gasteiger partial charge on any atom is -0.490 e. The fourth-order valence-electron chi connectivity index (χ4n) is 2.31. The molecule has 1 amide bonds. The number of likely N-dealkylation sites (N-methyl/N-ethyl adjacent to an activating group) is 1. The van der Waals surface area contributed by atoms with Crippen LogP contribution in [0.4, 0.5) is 0 Å². The third-order valence-corrected chi connectivity index (χ3v) is 3.83. The van der Waals surface area contributed by atoms with Crippen LogP contribution in [0.5, 0.6) is 11.5 Å². The Balaban J connectivity index is 0.00000729. The molecule has 1 aromatic rings. The van der Waals surface area contributed by atoms with E-state index in [0.29, 0.717) is 19.2 Å². The Bertz CT molecular complexity index is 623. The van der Waals surface area contributed by atoms with Gasteiger partial charge in [-0.15, -0.1) is 24.0 Å². The number of halogens is 1. The lowest BCUT2D eigenvalue weighted by Crippen LogP contribution is -2.40. The average molecular weight is 506 g/mol. The molecule has 2 N–H and O–H groups in total. The minimum atomic E-state index is -0.0417. The highest BCUT2D eigenvalue weighted by Gasteiger charge is 2.13. The lowest BCUT2D eigenvalue weighted by molar-refractivity contribution is -0.127. The molecule has 0 fully saturated rings. The summed E-state index contributed by atoms with van der Waals surface area (Å²) in [5, 5.41) is 6.60. The van der Waals surface area contributed by atoms with Gasteiger partial charge < -0.3 is 25.0 Å². The molecule has 7 nitrogen and oxygen atoms in total. The first-order valence-electron chi connectivity index (χ1n) is 9.57. The molecule has 0 spiro atoms. The first-order chi connectivity index (χ1) is 12.9. The van der Waals surface area contributed by atoms with Gasteiger partial charge in [0.2, 0.25) is 5.91 Å². The summed E-state index contributed by atoms with van der Waals surface area (Å²) >= 11 is 0. The van der Waals surface area contributed by atoms with Crippen molar-refractivity contribution in [3.05, 3.63) is 23.8 Å². The molecule has 160 valence electrons. The minimum absolute atomic E-state index is 0. The van der Waals surface area contributed by atoms with Gasteiger partial charge in [0.1, 0.15) is 6.54 Å². The van der Waals surface area contributed by atoms with Crippen molar-refractivity contribution in [3.8, 4) is 11.5 Å². The predicted molar refractivity (Wildman–Crippen MR) is 125 cm³/mol. The lowest BCUT2D eigenvalue weighted by atomic mass is 10.1. The van der Waals surface area contributed by atoms with Crippen LogP contribution in [-0.2, 0) is 4.79 Å². The summed E-state index contributed by atoms with van der Waals surface area (Å²) in [6.45, 7) is 10.1. The molecule has 0 saturated carbocycles.